The summed E-state index contributed by atoms with van der Waals surface area (Å²) in [7, 11) is 0. The van der Waals surface area contributed by atoms with Gasteiger partial charge in [0, 0.05) is 12.7 Å². The first-order chi connectivity index (χ1) is 12.1. The number of rotatable bonds is 4. The van der Waals surface area contributed by atoms with Crippen LogP contribution in [0.25, 0.3) is 0 Å². The van der Waals surface area contributed by atoms with Gasteiger partial charge in [-0.05, 0) is 29.8 Å². The maximum atomic E-state index is 12.5. The van der Waals surface area contributed by atoms with Gasteiger partial charge in [-0.1, -0.05) is 12.1 Å². The van der Waals surface area contributed by atoms with E-state index in [-0.39, 0.29) is 17.9 Å². The van der Waals surface area contributed by atoms with E-state index < -0.39 is 12.0 Å². The van der Waals surface area contributed by atoms with Crippen LogP contribution in [0.3, 0.4) is 0 Å². The standard InChI is InChI=1S/C18H16N2O4S/c1-12(21)20-15(11-25-17(20)16-3-2-8-23-16)18(22)24-10-14-6-4-13(9-19)5-7-14/h2-8,15,17H,10-11H2,1H3/t15-,17-/m1/s1. The Kier molecular flexibility index (Phi) is 5.10. The van der Waals surface area contributed by atoms with Crippen molar-refractivity contribution in [2.75, 3.05) is 5.75 Å². The van der Waals surface area contributed by atoms with Gasteiger partial charge in [-0.15, -0.1) is 11.8 Å². The van der Waals surface area contributed by atoms with Crippen LogP contribution in [-0.4, -0.2) is 28.6 Å². The number of amides is 1. The second-order valence-corrected chi connectivity index (χ2v) is 6.67. The van der Waals surface area contributed by atoms with Crippen molar-refractivity contribution in [3.63, 3.8) is 0 Å². The summed E-state index contributed by atoms with van der Waals surface area (Å²) in [5.74, 6) is 0.451. The summed E-state index contributed by atoms with van der Waals surface area (Å²) in [6.07, 6.45) is 1.55. The lowest BCUT2D eigenvalue weighted by Crippen LogP contribution is -2.42. The second kappa shape index (κ2) is 7.45. The molecule has 3 rings (SSSR count). The first-order valence-electron chi connectivity index (χ1n) is 7.69. The number of hydrogen-bond acceptors (Lipinski definition) is 6. The molecular formula is C18H16N2O4S. The number of esters is 1. The Morgan fingerprint density at radius 2 is 2.12 bits per heavy atom. The first kappa shape index (κ1) is 17.1. The fraction of sp³-hybridized carbons (Fsp3) is 0.278. The first-order valence-corrected chi connectivity index (χ1v) is 8.74. The third-order valence-electron chi connectivity index (χ3n) is 3.89. The molecule has 7 heteroatoms. The Labute approximate surface area is 149 Å². The van der Waals surface area contributed by atoms with E-state index in [0.29, 0.717) is 17.1 Å². The van der Waals surface area contributed by atoms with Gasteiger partial charge in [-0.2, -0.15) is 5.26 Å². The molecule has 6 nitrogen and oxygen atoms in total. The summed E-state index contributed by atoms with van der Waals surface area (Å²) in [6, 6.07) is 11.8. The molecule has 1 aliphatic heterocycles. The molecule has 0 radical (unpaired) electrons. The van der Waals surface area contributed by atoms with Gasteiger partial charge in [0.1, 0.15) is 23.8 Å². The fourth-order valence-corrected chi connectivity index (χ4v) is 4.07. The summed E-state index contributed by atoms with van der Waals surface area (Å²) in [4.78, 5) is 26.0. The molecule has 128 valence electrons. The monoisotopic (exact) mass is 356 g/mol. The Hall–Kier alpha value is -2.72. The third-order valence-corrected chi connectivity index (χ3v) is 5.17. The van der Waals surface area contributed by atoms with E-state index in [2.05, 4.69) is 0 Å². The molecule has 0 N–H and O–H groups in total. The summed E-state index contributed by atoms with van der Waals surface area (Å²) in [5, 5.41) is 8.47. The zero-order valence-electron chi connectivity index (χ0n) is 13.5. The lowest BCUT2D eigenvalue weighted by atomic mass is 10.1. The average molecular weight is 356 g/mol. The molecular weight excluding hydrogens is 340 g/mol. The highest BCUT2D eigenvalue weighted by molar-refractivity contribution is 7.99. The maximum absolute atomic E-state index is 12.5. The Morgan fingerprint density at radius 1 is 1.36 bits per heavy atom. The van der Waals surface area contributed by atoms with Crippen molar-refractivity contribution in [3.05, 3.63) is 59.5 Å². The van der Waals surface area contributed by atoms with Gasteiger partial charge >= 0.3 is 5.97 Å². The van der Waals surface area contributed by atoms with E-state index in [4.69, 9.17) is 14.4 Å². The number of benzene rings is 1. The highest BCUT2D eigenvalue weighted by Gasteiger charge is 2.43. The fourth-order valence-electron chi connectivity index (χ4n) is 2.65. The molecule has 1 amide bonds. The molecule has 1 aromatic carbocycles. The number of carbonyl (C=O) groups is 2. The van der Waals surface area contributed by atoms with E-state index in [9.17, 15) is 9.59 Å². The molecule has 1 saturated heterocycles. The SMILES string of the molecule is CC(=O)N1[C@@H](C(=O)OCc2ccc(C#N)cc2)CS[C@@H]1c1ccco1. The minimum atomic E-state index is -0.643. The highest BCUT2D eigenvalue weighted by Crippen LogP contribution is 2.41. The van der Waals surface area contributed by atoms with Crippen molar-refractivity contribution in [2.24, 2.45) is 0 Å². The van der Waals surface area contributed by atoms with Crippen molar-refractivity contribution in [3.8, 4) is 6.07 Å². The van der Waals surface area contributed by atoms with E-state index in [1.807, 2.05) is 6.07 Å². The average Bonchev–Trinajstić information content (AvgIpc) is 3.28. The number of ether oxygens (including phenoxy) is 1. The zero-order chi connectivity index (χ0) is 17.8. The molecule has 25 heavy (non-hydrogen) atoms. The van der Waals surface area contributed by atoms with Crippen molar-refractivity contribution in [2.45, 2.75) is 24.9 Å². The molecule has 2 atom stereocenters. The molecule has 0 unspecified atom stereocenters. The molecule has 1 aromatic heterocycles. The molecule has 0 spiro atoms. The van der Waals surface area contributed by atoms with Gasteiger partial charge in [0.15, 0.2) is 0 Å². The van der Waals surface area contributed by atoms with Gasteiger partial charge in [-0.3, -0.25) is 4.79 Å². The van der Waals surface area contributed by atoms with Gasteiger partial charge in [0.05, 0.1) is 17.9 Å². The molecule has 1 aliphatic rings. The number of thioether (sulfide) groups is 1. The Balaban J connectivity index is 1.66. The maximum Gasteiger partial charge on any atom is 0.330 e. The minimum absolute atomic E-state index is 0.100. The molecule has 0 saturated carbocycles. The number of nitriles is 1. The normalized spacial score (nSPS) is 19.4. The summed E-state index contributed by atoms with van der Waals surface area (Å²) >= 11 is 1.47. The molecule has 2 aromatic rings. The lowest BCUT2D eigenvalue weighted by molar-refractivity contribution is -0.154. The summed E-state index contributed by atoms with van der Waals surface area (Å²) in [5.41, 5.74) is 1.33. The van der Waals surface area contributed by atoms with E-state index in [0.717, 1.165) is 5.56 Å². The predicted molar refractivity (Wildman–Crippen MR) is 91.2 cm³/mol. The quantitative estimate of drug-likeness (QED) is 0.783. The lowest BCUT2D eigenvalue weighted by Gasteiger charge is -2.25. The topological polar surface area (TPSA) is 83.5 Å². The van der Waals surface area contributed by atoms with Crippen molar-refractivity contribution in [1.29, 1.82) is 5.26 Å². The van der Waals surface area contributed by atoms with Crippen molar-refractivity contribution < 1.29 is 18.7 Å². The number of hydrogen-bond donors (Lipinski definition) is 0. The summed E-state index contributed by atoms with van der Waals surface area (Å²) < 4.78 is 10.8. The zero-order valence-corrected chi connectivity index (χ0v) is 14.4. The van der Waals surface area contributed by atoms with Crippen LogP contribution in [0.4, 0.5) is 0 Å². The van der Waals surface area contributed by atoms with E-state index >= 15 is 0 Å². The van der Waals surface area contributed by atoms with Crippen LogP contribution >= 0.6 is 11.8 Å². The highest BCUT2D eigenvalue weighted by atomic mass is 32.2. The van der Waals surface area contributed by atoms with Crippen LogP contribution < -0.4 is 0 Å². The number of carbonyl (C=O) groups excluding carboxylic acids is 2. The van der Waals surface area contributed by atoms with Crippen LogP contribution in [0, 0.1) is 11.3 Å². The smallest absolute Gasteiger partial charge is 0.330 e. The van der Waals surface area contributed by atoms with Crippen LogP contribution in [0.2, 0.25) is 0 Å². The predicted octanol–water partition coefficient (Wildman–Crippen LogP) is 2.86. The van der Waals surface area contributed by atoms with Gasteiger partial charge < -0.3 is 14.1 Å². The molecule has 0 aliphatic carbocycles. The van der Waals surface area contributed by atoms with Gasteiger partial charge in [0.2, 0.25) is 5.91 Å². The van der Waals surface area contributed by atoms with Crippen LogP contribution in [-0.2, 0) is 20.9 Å². The summed E-state index contributed by atoms with van der Waals surface area (Å²) in [6.45, 7) is 1.53. The van der Waals surface area contributed by atoms with Crippen molar-refractivity contribution in [1.82, 2.24) is 4.90 Å². The molecule has 1 fully saturated rings. The van der Waals surface area contributed by atoms with Gasteiger partial charge in [0.25, 0.3) is 0 Å². The second-order valence-electron chi connectivity index (χ2n) is 5.56. The minimum Gasteiger partial charge on any atom is -0.466 e. The Morgan fingerprint density at radius 3 is 2.72 bits per heavy atom. The largest absolute Gasteiger partial charge is 0.466 e. The van der Waals surface area contributed by atoms with Crippen molar-refractivity contribution >= 4 is 23.6 Å². The van der Waals surface area contributed by atoms with Crippen LogP contribution in [0.1, 0.15) is 29.2 Å². The third kappa shape index (κ3) is 3.69. The molecule has 0 bridgehead atoms. The molecule has 2 heterocycles. The Bertz CT molecular complexity index is 795. The van der Waals surface area contributed by atoms with Crippen LogP contribution in [0.5, 0.6) is 0 Å². The number of furan rings is 1. The van der Waals surface area contributed by atoms with E-state index in [1.54, 1.807) is 42.7 Å². The van der Waals surface area contributed by atoms with E-state index in [1.165, 1.54) is 23.6 Å². The van der Waals surface area contributed by atoms with Gasteiger partial charge in [-0.25, -0.2) is 4.79 Å². The number of nitrogens with zero attached hydrogens (tertiary/aromatic N) is 2. The van der Waals surface area contributed by atoms with Crippen LogP contribution in [0.15, 0.2) is 47.1 Å².